The van der Waals surface area contributed by atoms with Crippen LogP contribution >= 0.6 is 0 Å². The molecule has 1 aromatic heterocycles. The van der Waals surface area contributed by atoms with E-state index in [1.54, 1.807) is 17.3 Å². The number of hydrogen-bond donors (Lipinski definition) is 1. The maximum atomic E-state index is 11.4. The minimum atomic E-state index is -0.826. The molecule has 8 heteroatoms. The first-order chi connectivity index (χ1) is 11.2. The molecule has 0 spiro atoms. The van der Waals surface area contributed by atoms with Crippen LogP contribution in [0.4, 0.5) is 5.95 Å². The Morgan fingerprint density at radius 2 is 1.79 bits per heavy atom. The lowest BCUT2D eigenvalue weighted by Crippen LogP contribution is -2.46. The van der Waals surface area contributed by atoms with Gasteiger partial charge in [-0.15, -0.1) is 0 Å². The van der Waals surface area contributed by atoms with E-state index >= 15 is 0 Å². The molecule has 2 fully saturated rings. The van der Waals surface area contributed by atoms with E-state index in [2.05, 4.69) is 9.97 Å². The van der Waals surface area contributed by atoms with Crippen LogP contribution in [0.25, 0.3) is 0 Å². The summed E-state index contributed by atoms with van der Waals surface area (Å²) in [6, 6.07) is -0.554. The van der Waals surface area contributed by atoms with E-state index in [4.69, 9.17) is 9.31 Å². The molecule has 24 heavy (non-hydrogen) atoms. The van der Waals surface area contributed by atoms with Crippen molar-refractivity contribution in [1.82, 2.24) is 9.97 Å². The second kappa shape index (κ2) is 6.00. The van der Waals surface area contributed by atoms with Crippen LogP contribution in [0, 0.1) is 0 Å². The molecule has 0 radical (unpaired) electrons. The van der Waals surface area contributed by atoms with E-state index in [1.165, 1.54) is 0 Å². The number of carboxylic acids is 1. The zero-order valence-corrected chi connectivity index (χ0v) is 14.7. The average molecular weight is 333 g/mol. The number of rotatable bonds is 3. The molecule has 0 unspecified atom stereocenters. The van der Waals surface area contributed by atoms with Crippen molar-refractivity contribution in [3.05, 3.63) is 12.4 Å². The van der Waals surface area contributed by atoms with E-state index in [1.807, 2.05) is 27.7 Å². The second-order valence-corrected chi connectivity index (χ2v) is 7.45. The highest BCUT2D eigenvalue weighted by Crippen LogP contribution is 2.36. The van der Waals surface area contributed by atoms with Gasteiger partial charge in [-0.05, 0) is 47.0 Å². The van der Waals surface area contributed by atoms with E-state index in [0.29, 0.717) is 18.9 Å². The number of nitrogens with zero attached hydrogens (tertiary/aromatic N) is 3. The minimum Gasteiger partial charge on any atom is -0.480 e. The lowest BCUT2D eigenvalue weighted by Gasteiger charge is -2.32. The standard InChI is InChI=1S/C16H24BN3O4/c1-15(2)16(3,4)24-17(23-15)11-9-18-14(19-10-11)20-8-6-5-7-12(20)13(21)22/h9-10,12H,5-8H2,1-4H3,(H,21,22)/t12-/m0/s1. The van der Waals surface area contributed by atoms with Gasteiger partial charge in [-0.1, -0.05) is 0 Å². The number of hydrogen-bond acceptors (Lipinski definition) is 6. The smallest absolute Gasteiger partial charge is 0.480 e. The summed E-state index contributed by atoms with van der Waals surface area (Å²) < 4.78 is 12.0. The first-order valence-electron chi connectivity index (χ1n) is 8.38. The summed E-state index contributed by atoms with van der Waals surface area (Å²) in [4.78, 5) is 21.9. The highest BCUT2D eigenvalue weighted by atomic mass is 16.7. The topological polar surface area (TPSA) is 84.8 Å². The fourth-order valence-corrected chi connectivity index (χ4v) is 3.01. The molecule has 0 aliphatic carbocycles. The van der Waals surface area contributed by atoms with Crippen molar-refractivity contribution in [1.29, 1.82) is 0 Å². The fraction of sp³-hybridized carbons (Fsp3) is 0.688. The van der Waals surface area contributed by atoms with Gasteiger partial charge in [0.1, 0.15) is 6.04 Å². The second-order valence-electron chi connectivity index (χ2n) is 7.45. The molecule has 0 saturated carbocycles. The molecule has 3 rings (SSSR count). The molecule has 2 aliphatic rings. The predicted octanol–water partition coefficient (Wildman–Crippen LogP) is 1.22. The van der Waals surface area contributed by atoms with Gasteiger partial charge in [-0.3, -0.25) is 0 Å². The molecule has 3 heterocycles. The normalized spacial score (nSPS) is 25.8. The molecule has 2 aliphatic heterocycles. The lowest BCUT2D eigenvalue weighted by molar-refractivity contribution is -0.139. The van der Waals surface area contributed by atoms with Crippen molar-refractivity contribution in [3.8, 4) is 0 Å². The van der Waals surface area contributed by atoms with Crippen LogP contribution < -0.4 is 10.4 Å². The van der Waals surface area contributed by atoms with E-state index in [-0.39, 0.29) is 0 Å². The summed E-state index contributed by atoms with van der Waals surface area (Å²) in [5, 5.41) is 9.38. The summed E-state index contributed by atoms with van der Waals surface area (Å²) in [6.07, 6.45) is 5.82. The number of carboxylic acid groups (broad SMARTS) is 1. The third-order valence-corrected chi connectivity index (χ3v) is 5.23. The van der Waals surface area contributed by atoms with Crippen LogP contribution in [0.1, 0.15) is 47.0 Å². The van der Waals surface area contributed by atoms with Gasteiger partial charge < -0.3 is 19.3 Å². The van der Waals surface area contributed by atoms with Crippen molar-refractivity contribution in [3.63, 3.8) is 0 Å². The molecule has 7 nitrogen and oxygen atoms in total. The van der Waals surface area contributed by atoms with Crippen molar-refractivity contribution in [2.75, 3.05) is 11.4 Å². The Balaban J connectivity index is 1.78. The number of aliphatic carboxylic acids is 1. The number of aromatic nitrogens is 2. The van der Waals surface area contributed by atoms with Gasteiger partial charge in [0.2, 0.25) is 5.95 Å². The molecule has 2 saturated heterocycles. The van der Waals surface area contributed by atoms with Crippen LogP contribution in [-0.2, 0) is 14.1 Å². The highest BCUT2D eigenvalue weighted by Gasteiger charge is 2.52. The zero-order valence-electron chi connectivity index (χ0n) is 14.7. The number of carbonyl (C=O) groups is 1. The fourth-order valence-electron chi connectivity index (χ4n) is 3.01. The van der Waals surface area contributed by atoms with Gasteiger partial charge in [0, 0.05) is 24.4 Å². The Labute approximate surface area is 142 Å². The Bertz CT molecular complexity index is 604. The van der Waals surface area contributed by atoms with Gasteiger partial charge in [0.15, 0.2) is 0 Å². The first kappa shape index (κ1) is 17.2. The molecule has 1 aromatic rings. The molecule has 0 aromatic carbocycles. The Morgan fingerprint density at radius 3 is 2.33 bits per heavy atom. The predicted molar refractivity (Wildman–Crippen MR) is 90.4 cm³/mol. The molecular weight excluding hydrogens is 309 g/mol. The van der Waals surface area contributed by atoms with E-state index in [0.717, 1.165) is 18.3 Å². The minimum absolute atomic E-state index is 0.419. The summed E-state index contributed by atoms with van der Waals surface area (Å²) in [6.45, 7) is 8.63. The summed E-state index contributed by atoms with van der Waals surface area (Å²) in [5.41, 5.74) is -0.101. The molecular formula is C16H24BN3O4. The quantitative estimate of drug-likeness (QED) is 0.833. The van der Waals surface area contributed by atoms with Gasteiger partial charge in [-0.25, -0.2) is 14.8 Å². The first-order valence-corrected chi connectivity index (χ1v) is 8.38. The van der Waals surface area contributed by atoms with Crippen LogP contribution in [0.3, 0.4) is 0 Å². The third kappa shape index (κ3) is 3.00. The number of anilines is 1. The van der Waals surface area contributed by atoms with Crippen molar-refractivity contribution < 1.29 is 19.2 Å². The zero-order chi connectivity index (χ0) is 17.5. The maximum Gasteiger partial charge on any atom is 0.498 e. The van der Waals surface area contributed by atoms with Crippen LogP contribution in [0.15, 0.2) is 12.4 Å². The van der Waals surface area contributed by atoms with Crippen LogP contribution in [-0.4, -0.2) is 52.0 Å². The molecule has 1 N–H and O–H groups in total. The van der Waals surface area contributed by atoms with Crippen molar-refractivity contribution in [2.45, 2.75) is 64.2 Å². The Kier molecular flexibility index (Phi) is 4.29. The maximum absolute atomic E-state index is 11.4. The largest absolute Gasteiger partial charge is 0.498 e. The van der Waals surface area contributed by atoms with Gasteiger partial charge in [-0.2, -0.15) is 0 Å². The highest BCUT2D eigenvalue weighted by molar-refractivity contribution is 6.61. The SMILES string of the molecule is CC1(C)OB(c2cnc(N3CCCC[C@H]3C(=O)O)nc2)OC1(C)C. The molecule has 0 amide bonds. The van der Waals surface area contributed by atoms with Gasteiger partial charge in [0.25, 0.3) is 0 Å². The van der Waals surface area contributed by atoms with E-state index < -0.39 is 30.3 Å². The van der Waals surface area contributed by atoms with Crippen LogP contribution in [0.5, 0.6) is 0 Å². The molecule has 1 atom stereocenters. The Hall–Kier alpha value is -1.67. The third-order valence-electron chi connectivity index (χ3n) is 5.23. The monoisotopic (exact) mass is 333 g/mol. The van der Waals surface area contributed by atoms with Crippen LogP contribution in [0.2, 0.25) is 0 Å². The molecule has 0 bridgehead atoms. The average Bonchev–Trinajstić information content (AvgIpc) is 2.75. The van der Waals surface area contributed by atoms with Gasteiger partial charge >= 0.3 is 13.1 Å². The lowest BCUT2D eigenvalue weighted by atomic mass is 9.81. The van der Waals surface area contributed by atoms with E-state index in [9.17, 15) is 9.90 Å². The molecule has 130 valence electrons. The van der Waals surface area contributed by atoms with Crippen molar-refractivity contribution in [2.24, 2.45) is 0 Å². The Morgan fingerprint density at radius 1 is 1.21 bits per heavy atom. The summed E-state index contributed by atoms with van der Waals surface area (Å²) >= 11 is 0. The van der Waals surface area contributed by atoms with Crippen molar-refractivity contribution >= 4 is 24.5 Å². The summed E-state index contributed by atoms with van der Waals surface area (Å²) in [7, 11) is -0.513. The van der Waals surface area contributed by atoms with Gasteiger partial charge in [0.05, 0.1) is 11.2 Å². The summed E-state index contributed by atoms with van der Waals surface area (Å²) in [5.74, 6) is -0.379. The number of piperidine rings is 1.